The van der Waals surface area contributed by atoms with Crippen LogP contribution in [0.4, 0.5) is 5.00 Å². The molecule has 5 nitrogen and oxygen atoms in total. The molecule has 0 aliphatic heterocycles. The summed E-state index contributed by atoms with van der Waals surface area (Å²) in [7, 11) is 0. The zero-order chi connectivity index (χ0) is 18.1. The van der Waals surface area contributed by atoms with Gasteiger partial charge in [0.15, 0.2) is 0 Å². The number of hydrogen-bond acceptors (Lipinski definition) is 5. The van der Waals surface area contributed by atoms with Crippen molar-refractivity contribution in [2.45, 2.75) is 33.1 Å². The summed E-state index contributed by atoms with van der Waals surface area (Å²) in [5.74, 6) is 0.0383. The molecule has 0 spiro atoms. The molecule has 1 N–H and O–H groups in total. The van der Waals surface area contributed by atoms with Gasteiger partial charge in [0.25, 0.3) is 5.91 Å². The third-order valence-electron chi connectivity index (χ3n) is 3.52. The SMILES string of the molecule is CCCCCOc1ccc(C(=O)Nc2sccc2C(=O)OCC)cc1. The fraction of sp³-hybridized carbons (Fsp3) is 0.368. The second-order valence-corrected chi connectivity index (χ2v) is 6.33. The first kappa shape index (κ1) is 19.0. The third kappa shape index (κ3) is 5.60. The number of unbranched alkanes of at least 4 members (excludes halogenated alkanes) is 2. The topological polar surface area (TPSA) is 64.6 Å². The lowest BCUT2D eigenvalue weighted by Crippen LogP contribution is -2.14. The summed E-state index contributed by atoms with van der Waals surface area (Å²) < 4.78 is 10.6. The molecule has 0 radical (unpaired) electrons. The maximum absolute atomic E-state index is 12.4. The van der Waals surface area contributed by atoms with Gasteiger partial charge in [0.2, 0.25) is 0 Å². The molecular weight excluding hydrogens is 338 g/mol. The summed E-state index contributed by atoms with van der Waals surface area (Å²) in [6.45, 7) is 4.86. The smallest absolute Gasteiger partial charge is 0.341 e. The van der Waals surface area contributed by atoms with Gasteiger partial charge in [-0.1, -0.05) is 19.8 Å². The Labute approximate surface area is 152 Å². The van der Waals surface area contributed by atoms with Gasteiger partial charge in [-0.25, -0.2) is 4.79 Å². The molecular formula is C19H23NO4S. The number of benzene rings is 1. The highest BCUT2D eigenvalue weighted by Crippen LogP contribution is 2.25. The molecule has 1 aromatic heterocycles. The summed E-state index contributed by atoms with van der Waals surface area (Å²) in [4.78, 5) is 24.2. The lowest BCUT2D eigenvalue weighted by molar-refractivity contribution is 0.0528. The Morgan fingerprint density at radius 1 is 1.08 bits per heavy atom. The van der Waals surface area contributed by atoms with Crippen LogP contribution in [0.5, 0.6) is 5.75 Å². The van der Waals surface area contributed by atoms with E-state index in [1.165, 1.54) is 11.3 Å². The zero-order valence-electron chi connectivity index (χ0n) is 14.5. The third-order valence-corrected chi connectivity index (χ3v) is 4.35. The van der Waals surface area contributed by atoms with Crippen molar-refractivity contribution in [3.8, 4) is 5.75 Å². The normalized spacial score (nSPS) is 10.3. The molecule has 0 unspecified atom stereocenters. The molecule has 0 saturated heterocycles. The van der Waals surface area contributed by atoms with E-state index in [4.69, 9.17) is 9.47 Å². The van der Waals surface area contributed by atoms with E-state index < -0.39 is 5.97 Å². The molecule has 0 fully saturated rings. The summed E-state index contributed by atoms with van der Waals surface area (Å²) in [6, 6.07) is 8.62. The van der Waals surface area contributed by atoms with E-state index in [9.17, 15) is 9.59 Å². The average Bonchev–Trinajstić information content (AvgIpc) is 3.07. The molecule has 0 aliphatic rings. The molecule has 6 heteroatoms. The van der Waals surface area contributed by atoms with E-state index in [1.54, 1.807) is 42.6 Å². The summed E-state index contributed by atoms with van der Waals surface area (Å²) in [6.07, 6.45) is 3.32. The molecule has 134 valence electrons. The minimum Gasteiger partial charge on any atom is -0.494 e. The van der Waals surface area contributed by atoms with Crippen LogP contribution in [0, 0.1) is 0 Å². The van der Waals surface area contributed by atoms with E-state index in [2.05, 4.69) is 12.2 Å². The number of nitrogens with one attached hydrogen (secondary N) is 1. The number of carbonyl (C=O) groups excluding carboxylic acids is 2. The van der Waals surface area contributed by atoms with Gasteiger partial charge in [0, 0.05) is 5.56 Å². The number of hydrogen-bond donors (Lipinski definition) is 1. The van der Waals surface area contributed by atoms with Crippen molar-refractivity contribution in [2.75, 3.05) is 18.5 Å². The zero-order valence-corrected chi connectivity index (χ0v) is 15.4. The van der Waals surface area contributed by atoms with Crippen molar-refractivity contribution in [3.63, 3.8) is 0 Å². The molecule has 25 heavy (non-hydrogen) atoms. The molecule has 2 rings (SSSR count). The first-order chi connectivity index (χ1) is 12.2. The molecule has 0 aliphatic carbocycles. The molecule has 1 amide bonds. The Hall–Kier alpha value is -2.34. The quantitative estimate of drug-likeness (QED) is 0.517. The van der Waals surface area contributed by atoms with Crippen LogP contribution < -0.4 is 10.1 Å². The minimum atomic E-state index is -0.435. The van der Waals surface area contributed by atoms with Crippen molar-refractivity contribution in [2.24, 2.45) is 0 Å². The standard InChI is InChI=1S/C19H23NO4S/c1-3-5-6-12-24-15-9-7-14(8-10-15)17(21)20-18-16(11-13-25-18)19(22)23-4-2/h7-11,13H,3-6,12H2,1-2H3,(H,20,21). The van der Waals surface area contributed by atoms with E-state index >= 15 is 0 Å². The van der Waals surface area contributed by atoms with Gasteiger partial charge in [-0.05, 0) is 49.1 Å². The van der Waals surface area contributed by atoms with Gasteiger partial charge in [-0.2, -0.15) is 0 Å². The first-order valence-corrected chi connectivity index (χ1v) is 9.32. The van der Waals surface area contributed by atoms with Crippen LogP contribution in [0.15, 0.2) is 35.7 Å². The van der Waals surface area contributed by atoms with Crippen LogP contribution in [0.25, 0.3) is 0 Å². The fourth-order valence-corrected chi connectivity index (χ4v) is 2.97. The number of thiophene rings is 1. The van der Waals surface area contributed by atoms with Crippen LogP contribution in [0.3, 0.4) is 0 Å². The number of rotatable bonds is 9. The fourth-order valence-electron chi connectivity index (χ4n) is 2.20. The van der Waals surface area contributed by atoms with Crippen LogP contribution in [0.2, 0.25) is 0 Å². The molecule has 0 saturated carbocycles. The van der Waals surface area contributed by atoms with Crippen molar-refractivity contribution >= 4 is 28.2 Å². The highest BCUT2D eigenvalue weighted by Gasteiger charge is 2.16. The predicted molar refractivity (Wildman–Crippen MR) is 99.7 cm³/mol. The number of esters is 1. The largest absolute Gasteiger partial charge is 0.494 e. The summed E-state index contributed by atoms with van der Waals surface area (Å²) in [5, 5.41) is 5.00. The summed E-state index contributed by atoms with van der Waals surface area (Å²) >= 11 is 1.29. The second kappa shape index (κ2) is 9.84. The lowest BCUT2D eigenvalue weighted by Gasteiger charge is -2.08. The van der Waals surface area contributed by atoms with E-state index in [0.29, 0.717) is 29.3 Å². The molecule has 1 aromatic carbocycles. The Balaban J connectivity index is 1.95. The van der Waals surface area contributed by atoms with Gasteiger partial charge in [0.1, 0.15) is 10.8 Å². The highest BCUT2D eigenvalue weighted by molar-refractivity contribution is 7.14. The minimum absolute atomic E-state index is 0.273. The Kier molecular flexibility index (Phi) is 7.47. The number of ether oxygens (including phenoxy) is 2. The Morgan fingerprint density at radius 3 is 2.52 bits per heavy atom. The average molecular weight is 361 g/mol. The maximum Gasteiger partial charge on any atom is 0.341 e. The van der Waals surface area contributed by atoms with Crippen molar-refractivity contribution < 1.29 is 19.1 Å². The molecule has 2 aromatic rings. The van der Waals surface area contributed by atoms with Crippen molar-refractivity contribution in [1.29, 1.82) is 0 Å². The highest BCUT2D eigenvalue weighted by atomic mass is 32.1. The first-order valence-electron chi connectivity index (χ1n) is 8.44. The van der Waals surface area contributed by atoms with Gasteiger partial charge >= 0.3 is 5.97 Å². The lowest BCUT2D eigenvalue weighted by atomic mass is 10.2. The van der Waals surface area contributed by atoms with Crippen LogP contribution in [-0.2, 0) is 4.74 Å². The Bertz CT molecular complexity index is 694. The maximum atomic E-state index is 12.4. The Morgan fingerprint density at radius 2 is 1.84 bits per heavy atom. The van der Waals surface area contributed by atoms with Gasteiger partial charge in [-0.15, -0.1) is 11.3 Å². The second-order valence-electron chi connectivity index (χ2n) is 5.42. The molecule has 1 heterocycles. The van der Waals surface area contributed by atoms with Gasteiger partial charge < -0.3 is 14.8 Å². The van der Waals surface area contributed by atoms with Crippen LogP contribution in [0.1, 0.15) is 53.8 Å². The molecule has 0 atom stereocenters. The van der Waals surface area contributed by atoms with Gasteiger partial charge in [0.05, 0.1) is 18.8 Å². The van der Waals surface area contributed by atoms with E-state index in [1.807, 2.05) is 0 Å². The summed E-state index contributed by atoms with van der Waals surface area (Å²) in [5.41, 5.74) is 0.875. The number of amides is 1. The number of carbonyl (C=O) groups is 2. The molecule has 0 bridgehead atoms. The van der Waals surface area contributed by atoms with E-state index in [-0.39, 0.29) is 5.91 Å². The number of anilines is 1. The van der Waals surface area contributed by atoms with Crippen LogP contribution in [-0.4, -0.2) is 25.1 Å². The van der Waals surface area contributed by atoms with Crippen molar-refractivity contribution in [3.05, 3.63) is 46.8 Å². The van der Waals surface area contributed by atoms with E-state index in [0.717, 1.165) is 25.0 Å². The monoisotopic (exact) mass is 361 g/mol. The van der Waals surface area contributed by atoms with Gasteiger partial charge in [-0.3, -0.25) is 4.79 Å². The van der Waals surface area contributed by atoms with Crippen molar-refractivity contribution in [1.82, 2.24) is 0 Å². The van der Waals surface area contributed by atoms with Crippen LogP contribution >= 0.6 is 11.3 Å². The predicted octanol–water partition coefficient (Wildman–Crippen LogP) is 4.75.